The highest BCUT2D eigenvalue weighted by atomic mass is 32.1. The van der Waals surface area contributed by atoms with E-state index in [-0.39, 0.29) is 0 Å². The van der Waals surface area contributed by atoms with Crippen molar-refractivity contribution in [2.24, 2.45) is 0 Å². The van der Waals surface area contributed by atoms with Crippen LogP contribution in [0.1, 0.15) is 18.3 Å². The second-order valence-electron chi connectivity index (χ2n) is 7.12. The number of ether oxygens (including phenoxy) is 1. The van der Waals surface area contributed by atoms with Crippen LogP contribution in [0, 0.1) is 6.92 Å². The number of rotatable bonds is 4. The molecular formula is C21H22N6OS. The first-order chi connectivity index (χ1) is 14.2. The van der Waals surface area contributed by atoms with E-state index in [1.807, 2.05) is 6.20 Å². The molecule has 1 fully saturated rings. The minimum atomic E-state index is 0.709. The third-order valence-electron chi connectivity index (χ3n) is 5.17. The van der Waals surface area contributed by atoms with Gasteiger partial charge < -0.3 is 9.64 Å². The molecule has 5 rings (SSSR count). The van der Waals surface area contributed by atoms with Crippen molar-refractivity contribution in [1.29, 1.82) is 0 Å². The maximum absolute atomic E-state index is 5.44. The first-order valence-electron chi connectivity index (χ1n) is 9.83. The fourth-order valence-electron chi connectivity index (χ4n) is 3.53. The summed E-state index contributed by atoms with van der Waals surface area (Å²) in [6, 6.07) is 8.37. The number of hydrogen-bond donors (Lipinski definition) is 1. The molecule has 1 aliphatic rings. The van der Waals surface area contributed by atoms with Crippen molar-refractivity contribution < 1.29 is 4.74 Å². The summed E-state index contributed by atoms with van der Waals surface area (Å²) in [4.78, 5) is 17.5. The monoisotopic (exact) mass is 406 g/mol. The molecule has 1 aromatic carbocycles. The summed E-state index contributed by atoms with van der Waals surface area (Å²) in [5.41, 5.74) is 4.06. The Morgan fingerprint density at radius 2 is 2.03 bits per heavy atom. The van der Waals surface area contributed by atoms with Crippen molar-refractivity contribution in [2.45, 2.75) is 20.3 Å². The van der Waals surface area contributed by atoms with Gasteiger partial charge in [-0.15, -0.1) is 0 Å². The largest absolute Gasteiger partial charge is 0.378 e. The summed E-state index contributed by atoms with van der Waals surface area (Å²) in [5, 5.41) is 9.49. The summed E-state index contributed by atoms with van der Waals surface area (Å²) in [7, 11) is 0. The van der Waals surface area contributed by atoms with E-state index in [9.17, 15) is 0 Å². The number of aryl methyl sites for hydroxylation is 2. The van der Waals surface area contributed by atoms with Gasteiger partial charge in [0, 0.05) is 36.7 Å². The standard InChI is InChI=1S/C21H22N6OS/c1-3-19-24-20(26-25-19)14-4-5-15-13(2)10-17(23-16(15)11-14)18-12-22-21(29-18)27-6-8-28-9-7-27/h4-5,10-12H,3,6-9H2,1-2H3,(H,24,25,26). The van der Waals surface area contributed by atoms with Crippen LogP contribution in [0.5, 0.6) is 0 Å². The minimum absolute atomic E-state index is 0.709. The first-order valence-corrected chi connectivity index (χ1v) is 10.6. The summed E-state index contributed by atoms with van der Waals surface area (Å²) < 4.78 is 5.44. The maximum Gasteiger partial charge on any atom is 0.186 e. The van der Waals surface area contributed by atoms with Crippen molar-refractivity contribution in [2.75, 3.05) is 31.2 Å². The SMILES string of the molecule is CCc1nc(-c2ccc3c(C)cc(-c4cnc(N5CCOCC5)s4)nc3c2)n[nH]1. The van der Waals surface area contributed by atoms with Crippen LogP contribution in [0.3, 0.4) is 0 Å². The number of fused-ring (bicyclic) bond motifs is 1. The molecule has 0 radical (unpaired) electrons. The molecule has 0 saturated carbocycles. The van der Waals surface area contributed by atoms with Crippen molar-refractivity contribution in [1.82, 2.24) is 25.1 Å². The molecule has 1 N–H and O–H groups in total. The minimum Gasteiger partial charge on any atom is -0.378 e. The Morgan fingerprint density at radius 3 is 2.83 bits per heavy atom. The number of pyridine rings is 1. The van der Waals surface area contributed by atoms with Crippen LogP contribution >= 0.6 is 11.3 Å². The number of hydrogen-bond acceptors (Lipinski definition) is 7. The second kappa shape index (κ2) is 7.53. The van der Waals surface area contributed by atoms with E-state index in [0.717, 1.165) is 70.7 Å². The Balaban J connectivity index is 1.52. The summed E-state index contributed by atoms with van der Waals surface area (Å²) in [6.07, 6.45) is 2.76. The lowest BCUT2D eigenvalue weighted by Gasteiger charge is -2.25. The van der Waals surface area contributed by atoms with E-state index in [0.29, 0.717) is 5.82 Å². The molecule has 29 heavy (non-hydrogen) atoms. The van der Waals surface area contributed by atoms with Crippen LogP contribution in [0.15, 0.2) is 30.5 Å². The molecule has 0 atom stereocenters. The average molecular weight is 407 g/mol. The van der Waals surface area contributed by atoms with Crippen LogP contribution in [-0.2, 0) is 11.2 Å². The zero-order valence-electron chi connectivity index (χ0n) is 16.5. The lowest BCUT2D eigenvalue weighted by atomic mass is 10.1. The molecule has 0 amide bonds. The molecule has 4 heterocycles. The van der Waals surface area contributed by atoms with Gasteiger partial charge in [0.25, 0.3) is 0 Å². The van der Waals surface area contributed by atoms with Gasteiger partial charge in [0.1, 0.15) is 5.82 Å². The van der Waals surface area contributed by atoms with E-state index in [1.165, 1.54) is 5.56 Å². The molecule has 0 unspecified atom stereocenters. The van der Waals surface area contributed by atoms with E-state index < -0.39 is 0 Å². The zero-order valence-corrected chi connectivity index (χ0v) is 17.3. The van der Waals surface area contributed by atoms with E-state index in [4.69, 9.17) is 9.72 Å². The van der Waals surface area contributed by atoms with Crippen molar-refractivity contribution in [3.05, 3.63) is 41.9 Å². The average Bonchev–Trinajstić information content (AvgIpc) is 3.44. The molecule has 0 bridgehead atoms. The Labute approximate surface area is 172 Å². The predicted octanol–water partition coefficient (Wildman–Crippen LogP) is 3.85. The Bertz CT molecular complexity index is 1160. The number of aromatic amines is 1. The zero-order chi connectivity index (χ0) is 19.8. The van der Waals surface area contributed by atoms with E-state index >= 15 is 0 Å². The summed E-state index contributed by atoms with van der Waals surface area (Å²) in [6.45, 7) is 7.47. The number of aromatic nitrogens is 5. The smallest absolute Gasteiger partial charge is 0.186 e. The van der Waals surface area contributed by atoms with Crippen molar-refractivity contribution >= 4 is 27.4 Å². The van der Waals surface area contributed by atoms with Crippen molar-refractivity contribution in [3.8, 4) is 22.0 Å². The van der Waals surface area contributed by atoms with Gasteiger partial charge in [0.2, 0.25) is 0 Å². The molecule has 1 saturated heterocycles. The van der Waals surface area contributed by atoms with Crippen LogP contribution in [-0.4, -0.2) is 51.5 Å². The number of morpholine rings is 1. The van der Waals surface area contributed by atoms with Crippen LogP contribution < -0.4 is 4.90 Å². The Kier molecular flexibility index (Phi) is 4.73. The van der Waals surface area contributed by atoms with Gasteiger partial charge in [-0.1, -0.05) is 30.4 Å². The highest BCUT2D eigenvalue weighted by Crippen LogP contribution is 2.33. The number of anilines is 1. The van der Waals surface area contributed by atoms with Crippen LogP contribution in [0.25, 0.3) is 32.9 Å². The lowest BCUT2D eigenvalue weighted by Crippen LogP contribution is -2.36. The van der Waals surface area contributed by atoms with Gasteiger partial charge in [-0.05, 0) is 24.6 Å². The van der Waals surface area contributed by atoms with E-state index in [2.05, 4.69) is 63.2 Å². The van der Waals surface area contributed by atoms with Crippen LogP contribution in [0.4, 0.5) is 5.13 Å². The van der Waals surface area contributed by atoms with Gasteiger partial charge in [0.05, 0.1) is 29.3 Å². The summed E-state index contributed by atoms with van der Waals surface area (Å²) in [5.74, 6) is 1.60. The second-order valence-corrected chi connectivity index (χ2v) is 8.13. The van der Waals surface area contributed by atoms with E-state index in [1.54, 1.807) is 11.3 Å². The predicted molar refractivity (Wildman–Crippen MR) is 115 cm³/mol. The molecule has 4 aromatic rings. The number of benzene rings is 1. The van der Waals surface area contributed by atoms with Crippen molar-refractivity contribution in [3.63, 3.8) is 0 Å². The summed E-state index contributed by atoms with van der Waals surface area (Å²) >= 11 is 1.68. The van der Waals surface area contributed by atoms with Gasteiger partial charge in [-0.2, -0.15) is 5.10 Å². The molecule has 0 spiro atoms. The topological polar surface area (TPSA) is 79.8 Å². The molecule has 8 heteroatoms. The Hall–Kier alpha value is -2.84. The molecular weight excluding hydrogens is 384 g/mol. The number of thiazole rings is 1. The highest BCUT2D eigenvalue weighted by molar-refractivity contribution is 7.18. The Morgan fingerprint density at radius 1 is 1.17 bits per heavy atom. The van der Waals surface area contributed by atoms with Crippen LogP contribution in [0.2, 0.25) is 0 Å². The van der Waals surface area contributed by atoms with Gasteiger partial charge >= 0.3 is 0 Å². The fraction of sp³-hybridized carbons (Fsp3) is 0.333. The number of H-pyrrole nitrogens is 1. The molecule has 7 nitrogen and oxygen atoms in total. The normalized spacial score (nSPS) is 14.6. The molecule has 3 aromatic heterocycles. The molecule has 148 valence electrons. The number of nitrogens with zero attached hydrogens (tertiary/aromatic N) is 5. The maximum atomic E-state index is 5.44. The third kappa shape index (κ3) is 3.49. The van der Waals surface area contributed by atoms with Gasteiger partial charge in [-0.3, -0.25) is 5.10 Å². The first kappa shape index (κ1) is 18.2. The molecule has 1 aliphatic heterocycles. The fourth-order valence-corrected chi connectivity index (χ4v) is 4.46. The van der Waals surface area contributed by atoms with Gasteiger partial charge in [0.15, 0.2) is 11.0 Å². The van der Waals surface area contributed by atoms with Gasteiger partial charge in [-0.25, -0.2) is 15.0 Å². The lowest BCUT2D eigenvalue weighted by molar-refractivity contribution is 0.122. The number of nitrogens with one attached hydrogen (secondary N) is 1. The quantitative estimate of drug-likeness (QED) is 0.554. The third-order valence-corrected chi connectivity index (χ3v) is 6.25. The molecule has 0 aliphatic carbocycles. The highest BCUT2D eigenvalue weighted by Gasteiger charge is 2.16.